The van der Waals surface area contributed by atoms with Crippen molar-refractivity contribution in [3.63, 3.8) is 0 Å². The summed E-state index contributed by atoms with van der Waals surface area (Å²) in [5, 5.41) is 8.62. The Kier molecular flexibility index (Phi) is 6.47. The number of carbonyl (C=O) groups excluding carboxylic acids is 2. The topological polar surface area (TPSA) is 125 Å². The zero-order chi connectivity index (χ0) is 15.7. The Morgan fingerprint density at radius 2 is 2.19 bits per heavy atom. The van der Waals surface area contributed by atoms with Crippen LogP contribution in [0.3, 0.4) is 0 Å². The van der Waals surface area contributed by atoms with E-state index >= 15 is 0 Å². The van der Waals surface area contributed by atoms with Gasteiger partial charge in [0.1, 0.15) is 11.3 Å². The number of aromatic nitrogens is 1. The second-order valence-electron chi connectivity index (χ2n) is 3.82. The maximum Gasteiger partial charge on any atom is 0.404 e. The number of amides is 1. The zero-order valence-electron chi connectivity index (χ0n) is 11.5. The molecule has 8 nitrogen and oxygen atoms in total. The molecule has 0 radical (unpaired) electrons. The van der Waals surface area contributed by atoms with Gasteiger partial charge in [-0.05, 0) is 6.07 Å². The summed E-state index contributed by atoms with van der Waals surface area (Å²) < 4.78 is 15.0. The van der Waals surface area contributed by atoms with Crippen molar-refractivity contribution in [2.75, 3.05) is 20.3 Å². The molecule has 0 spiro atoms. The van der Waals surface area contributed by atoms with Gasteiger partial charge < -0.3 is 19.9 Å². The van der Waals surface area contributed by atoms with E-state index in [1.54, 1.807) is 6.07 Å². The van der Waals surface area contributed by atoms with E-state index in [-0.39, 0.29) is 36.8 Å². The Labute approximate surface area is 121 Å². The van der Waals surface area contributed by atoms with Crippen molar-refractivity contribution in [1.82, 2.24) is 4.98 Å². The molecule has 112 valence electrons. The van der Waals surface area contributed by atoms with Crippen LogP contribution in [-0.2, 0) is 4.74 Å². The van der Waals surface area contributed by atoms with Crippen molar-refractivity contribution in [2.45, 2.75) is 12.8 Å². The molecule has 2 N–H and O–H groups in total. The number of hydrogen-bond acceptors (Lipinski definition) is 7. The van der Waals surface area contributed by atoms with Crippen LogP contribution in [0.1, 0.15) is 23.2 Å². The third-order valence-electron chi connectivity index (χ3n) is 2.39. The second kappa shape index (κ2) is 8.37. The van der Waals surface area contributed by atoms with Crippen LogP contribution in [-0.4, -0.2) is 37.2 Å². The fraction of sp³-hybridized carbons (Fsp3) is 0.385. The van der Waals surface area contributed by atoms with E-state index in [0.29, 0.717) is 6.42 Å². The van der Waals surface area contributed by atoms with Gasteiger partial charge in [-0.25, -0.2) is 9.78 Å². The highest BCUT2D eigenvalue weighted by Gasteiger charge is 2.19. The average molecular weight is 293 g/mol. The number of Topliss-reactive ketones (excluding diaryl/α,β-unsaturated/α-hetero) is 1. The SMILES string of the molecule is COc1ccnc(OCCCOC(N)=O)c1C(=O)CC#N. The van der Waals surface area contributed by atoms with E-state index in [1.165, 1.54) is 19.4 Å². The summed E-state index contributed by atoms with van der Waals surface area (Å²) >= 11 is 0. The van der Waals surface area contributed by atoms with Crippen LogP contribution in [0, 0.1) is 11.3 Å². The maximum absolute atomic E-state index is 11.9. The molecule has 8 heteroatoms. The summed E-state index contributed by atoms with van der Waals surface area (Å²) in [6.07, 6.45) is 0.646. The van der Waals surface area contributed by atoms with Gasteiger partial charge in [-0.3, -0.25) is 4.79 Å². The molecule has 1 amide bonds. The minimum atomic E-state index is -0.862. The van der Waals surface area contributed by atoms with Crippen molar-refractivity contribution in [2.24, 2.45) is 5.73 Å². The molecule has 0 aromatic carbocycles. The lowest BCUT2D eigenvalue weighted by Gasteiger charge is -2.12. The van der Waals surface area contributed by atoms with E-state index in [1.807, 2.05) is 0 Å². The molecule has 0 aliphatic carbocycles. The Balaban J connectivity index is 2.75. The molecular formula is C13H15N3O5. The highest BCUT2D eigenvalue weighted by molar-refractivity contribution is 6.01. The summed E-state index contributed by atoms with van der Waals surface area (Å²) in [6, 6.07) is 3.28. The predicted molar refractivity (Wildman–Crippen MR) is 71.0 cm³/mol. The van der Waals surface area contributed by atoms with Crippen LogP contribution in [0.2, 0.25) is 0 Å². The number of carbonyl (C=O) groups is 2. The lowest BCUT2D eigenvalue weighted by Crippen LogP contribution is -2.15. The second-order valence-corrected chi connectivity index (χ2v) is 3.82. The standard InChI is InChI=1S/C13H15N3O5/c1-19-10-4-6-16-12(11(10)9(17)3-5-14)20-7-2-8-21-13(15)18/h4,6H,2-3,7-8H2,1H3,(H2,15,18). The summed E-state index contributed by atoms with van der Waals surface area (Å²) in [5.41, 5.74) is 4.94. The largest absolute Gasteiger partial charge is 0.496 e. The van der Waals surface area contributed by atoms with Gasteiger partial charge in [0, 0.05) is 12.6 Å². The van der Waals surface area contributed by atoms with Crippen molar-refractivity contribution >= 4 is 11.9 Å². The first-order chi connectivity index (χ1) is 10.1. The van der Waals surface area contributed by atoms with Crippen LogP contribution in [0.15, 0.2) is 12.3 Å². The minimum absolute atomic E-state index is 0.0775. The molecule has 1 aromatic rings. The molecule has 0 bridgehead atoms. The number of ether oxygens (including phenoxy) is 3. The van der Waals surface area contributed by atoms with Gasteiger partial charge in [-0.2, -0.15) is 5.26 Å². The molecule has 0 unspecified atom stereocenters. The molecule has 0 saturated carbocycles. The van der Waals surface area contributed by atoms with Crippen molar-refractivity contribution in [3.8, 4) is 17.7 Å². The van der Waals surface area contributed by atoms with Gasteiger partial charge in [0.05, 0.1) is 32.8 Å². The Morgan fingerprint density at radius 3 is 2.81 bits per heavy atom. The smallest absolute Gasteiger partial charge is 0.404 e. The normalized spacial score (nSPS) is 9.52. The number of methoxy groups -OCH3 is 1. The summed E-state index contributed by atoms with van der Waals surface area (Å²) in [4.78, 5) is 26.3. The lowest BCUT2D eigenvalue weighted by atomic mass is 10.1. The number of nitrogens with zero attached hydrogens (tertiary/aromatic N) is 2. The summed E-state index contributed by atoms with van der Waals surface area (Å²) in [7, 11) is 1.41. The number of nitriles is 1. The third-order valence-corrected chi connectivity index (χ3v) is 2.39. The van der Waals surface area contributed by atoms with Gasteiger partial charge in [-0.15, -0.1) is 0 Å². The fourth-order valence-corrected chi connectivity index (χ4v) is 1.52. The van der Waals surface area contributed by atoms with Crippen LogP contribution in [0.25, 0.3) is 0 Å². The highest BCUT2D eigenvalue weighted by atomic mass is 16.5. The summed E-state index contributed by atoms with van der Waals surface area (Å²) in [6.45, 7) is 0.265. The van der Waals surface area contributed by atoms with Crippen LogP contribution in [0.4, 0.5) is 4.79 Å². The molecule has 1 aromatic heterocycles. The quantitative estimate of drug-likeness (QED) is 0.561. The fourth-order valence-electron chi connectivity index (χ4n) is 1.52. The monoisotopic (exact) mass is 293 g/mol. The number of primary amides is 1. The van der Waals surface area contributed by atoms with E-state index in [2.05, 4.69) is 9.72 Å². The van der Waals surface area contributed by atoms with Crippen molar-refractivity contribution in [1.29, 1.82) is 5.26 Å². The third kappa shape index (κ3) is 4.99. The van der Waals surface area contributed by atoms with E-state index in [0.717, 1.165) is 0 Å². The Morgan fingerprint density at radius 1 is 1.43 bits per heavy atom. The first kappa shape index (κ1) is 16.2. The van der Waals surface area contributed by atoms with Crippen LogP contribution in [0.5, 0.6) is 11.6 Å². The maximum atomic E-state index is 11.9. The lowest BCUT2D eigenvalue weighted by molar-refractivity contribution is 0.0989. The van der Waals surface area contributed by atoms with Gasteiger partial charge >= 0.3 is 6.09 Å². The van der Waals surface area contributed by atoms with Gasteiger partial charge in [0.15, 0.2) is 5.78 Å². The number of hydrogen-bond donors (Lipinski definition) is 1. The first-order valence-corrected chi connectivity index (χ1v) is 6.08. The molecular weight excluding hydrogens is 278 g/mol. The van der Waals surface area contributed by atoms with Crippen LogP contribution < -0.4 is 15.2 Å². The molecule has 0 atom stereocenters. The van der Waals surface area contributed by atoms with E-state index in [4.69, 9.17) is 20.5 Å². The molecule has 0 aliphatic heterocycles. The zero-order valence-corrected chi connectivity index (χ0v) is 11.5. The van der Waals surface area contributed by atoms with Gasteiger partial charge in [0.25, 0.3) is 0 Å². The first-order valence-electron chi connectivity index (χ1n) is 6.08. The summed E-state index contributed by atoms with van der Waals surface area (Å²) in [5.74, 6) is -0.0758. The molecule has 0 aliphatic rings. The number of pyridine rings is 1. The molecule has 21 heavy (non-hydrogen) atoms. The van der Waals surface area contributed by atoms with E-state index < -0.39 is 11.9 Å². The molecule has 1 heterocycles. The Bertz CT molecular complexity index is 553. The number of nitrogens with two attached hydrogens (primary N) is 1. The van der Waals surface area contributed by atoms with Crippen LogP contribution >= 0.6 is 0 Å². The predicted octanol–water partition coefficient (Wildman–Crippen LogP) is 1.05. The average Bonchev–Trinajstić information content (AvgIpc) is 2.46. The highest BCUT2D eigenvalue weighted by Crippen LogP contribution is 2.27. The van der Waals surface area contributed by atoms with E-state index in [9.17, 15) is 9.59 Å². The van der Waals surface area contributed by atoms with Gasteiger partial charge in [-0.1, -0.05) is 0 Å². The molecule has 0 saturated heterocycles. The minimum Gasteiger partial charge on any atom is -0.496 e. The Hall–Kier alpha value is -2.82. The number of rotatable bonds is 8. The van der Waals surface area contributed by atoms with Crippen molar-refractivity contribution < 1.29 is 23.8 Å². The van der Waals surface area contributed by atoms with Crippen molar-refractivity contribution in [3.05, 3.63) is 17.8 Å². The molecule has 0 fully saturated rings. The van der Waals surface area contributed by atoms with Gasteiger partial charge in [0.2, 0.25) is 5.88 Å². The molecule has 1 rings (SSSR count). The number of ketones is 1.